The predicted molar refractivity (Wildman–Crippen MR) is 79.9 cm³/mol. The minimum absolute atomic E-state index is 0.217. The maximum Gasteiger partial charge on any atom is 0.308 e. The zero-order valence-corrected chi connectivity index (χ0v) is 12.3. The molecule has 22 heavy (non-hydrogen) atoms. The molecule has 0 spiro atoms. The number of benzene rings is 1. The molecular weight excluding hydrogens is 284 g/mol. The molecule has 2 aliphatic rings. The van der Waals surface area contributed by atoms with Crippen LogP contribution in [0.25, 0.3) is 0 Å². The van der Waals surface area contributed by atoms with Crippen LogP contribution in [-0.4, -0.2) is 36.2 Å². The van der Waals surface area contributed by atoms with Crippen LogP contribution in [0.1, 0.15) is 35.2 Å². The van der Waals surface area contributed by atoms with Crippen LogP contribution in [0.2, 0.25) is 0 Å². The molecule has 1 saturated carbocycles. The summed E-state index contributed by atoms with van der Waals surface area (Å²) < 4.78 is 5.59. The first-order valence-corrected chi connectivity index (χ1v) is 7.65. The number of carboxylic acid groups (broad SMARTS) is 1. The van der Waals surface area contributed by atoms with Crippen LogP contribution in [0, 0.1) is 5.92 Å². The van der Waals surface area contributed by atoms with Crippen molar-refractivity contribution in [3.05, 3.63) is 29.3 Å². The number of ether oxygens (including phenoxy) is 1. The van der Waals surface area contributed by atoms with Crippen LogP contribution >= 0.6 is 0 Å². The van der Waals surface area contributed by atoms with Crippen molar-refractivity contribution in [3.63, 3.8) is 0 Å². The second-order valence-electron chi connectivity index (χ2n) is 5.80. The van der Waals surface area contributed by atoms with Gasteiger partial charge in [-0.3, -0.25) is 9.59 Å². The van der Waals surface area contributed by atoms with Gasteiger partial charge in [-0.2, -0.15) is 0 Å². The van der Waals surface area contributed by atoms with Gasteiger partial charge in [0.1, 0.15) is 12.4 Å². The van der Waals surface area contributed by atoms with Gasteiger partial charge in [0.05, 0.1) is 5.92 Å². The van der Waals surface area contributed by atoms with Crippen molar-refractivity contribution in [1.29, 1.82) is 0 Å². The van der Waals surface area contributed by atoms with Crippen molar-refractivity contribution >= 4 is 11.9 Å². The average Bonchev–Trinajstić information content (AvgIpc) is 2.83. The Morgan fingerprint density at radius 2 is 2.18 bits per heavy atom. The van der Waals surface area contributed by atoms with Crippen LogP contribution in [0.5, 0.6) is 5.75 Å². The number of aliphatic carboxylic acids is 1. The molecule has 1 heterocycles. The molecule has 6 nitrogen and oxygen atoms in total. The highest BCUT2D eigenvalue weighted by molar-refractivity contribution is 5.95. The number of carboxylic acids is 1. The second-order valence-corrected chi connectivity index (χ2v) is 5.80. The molecule has 1 fully saturated rings. The van der Waals surface area contributed by atoms with E-state index in [-0.39, 0.29) is 11.9 Å². The van der Waals surface area contributed by atoms with E-state index >= 15 is 0 Å². The number of fused-ring (bicyclic) bond motifs is 1. The normalized spacial score (nSPS) is 24.0. The molecule has 3 rings (SSSR count). The summed E-state index contributed by atoms with van der Waals surface area (Å²) in [6.45, 7) is 2.05. The molecule has 0 radical (unpaired) electrons. The van der Waals surface area contributed by atoms with Crippen LogP contribution in [0.4, 0.5) is 0 Å². The Kier molecular flexibility index (Phi) is 4.29. The standard InChI is InChI=1S/C16H20N2O4/c19-15(18-13-3-1-2-12(13)16(20)21)10-4-5-14-11(8-10)9-17-6-7-22-14/h4-5,8,12-13,17H,1-3,6-7,9H2,(H,18,19)(H,20,21). The first kappa shape index (κ1) is 14.8. The summed E-state index contributed by atoms with van der Waals surface area (Å²) in [5.74, 6) is -0.729. The average molecular weight is 304 g/mol. The number of hydrogen-bond acceptors (Lipinski definition) is 4. The molecule has 0 bridgehead atoms. The Labute approximate surface area is 128 Å². The first-order chi connectivity index (χ1) is 10.6. The summed E-state index contributed by atoms with van der Waals surface area (Å²) in [4.78, 5) is 23.6. The number of carbonyl (C=O) groups is 2. The van der Waals surface area contributed by atoms with Gasteiger partial charge < -0.3 is 20.5 Å². The molecular formula is C16H20N2O4. The molecule has 2 unspecified atom stereocenters. The first-order valence-electron chi connectivity index (χ1n) is 7.65. The predicted octanol–water partition coefficient (Wildman–Crippen LogP) is 1.15. The largest absolute Gasteiger partial charge is 0.492 e. The highest BCUT2D eigenvalue weighted by Gasteiger charge is 2.34. The fourth-order valence-corrected chi connectivity index (χ4v) is 3.14. The maximum atomic E-state index is 12.4. The minimum atomic E-state index is -0.831. The van der Waals surface area contributed by atoms with Crippen LogP contribution < -0.4 is 15.4 Å². The van der Waals surface area contributed by atoms with Crippen molar-refractivity contribution in [3.8, 4) is 5.75 Å². The van der Waals surface area contributed by atoms with Gasteiger partial charge in [-0.25, -0.2) is 0 Å². The van der Waals surface area contributed by atoms with E-state index in [0.717, 1.165) is 30.7 Å². The Balaban J connectivity index is 1.72. The van der Waals surface area contributed by atoms with E-state index in [1.54, 1.807) is 12.1 Å². The third-order valence-electron chi connectivity index (χ3n) is 4.32. The maximum absolute atomic E-state index is 12.4. The lowest BCUT2D eigenvalue weighted by atomic mass is 10.0. The Morgan fingerprint density at radius 3 is 3.00 bits per heavy atom. The zero-order chi connectivity index (χ0) is 15.5. The van der Waals surface area contributed by atoms with Crippen molar-refractivity contribution in [2.45, 2.75) is 31.8 Å². The number of carbonyl (C=O) groups excluding carboxylic acids is 1. The van der Waals surface area contributed by atoms with Gasteiger partial charge in [-0.1, -0.05) is 6.42 Å². The highest BCUT2D eigenvalue weighted by atomic mass is 16.5. The summed E-state index contributed by atoms with van der Waals surface area (Å²) in [5, 5.41) is 15.3. The van der Waals surface area contributed by atoms with Gasteiger partial charge in [0.2, 0.25) is 0 Å². The van der Waals surface area contributed by atoms with Gasteiger partial charge in [0, 0.05) is 30.3 Å². The lowest BCUT2D eigenvalue weighted by molar-refractivity contribution is -0.142. The third kappa shape index (κ3) is 3.06. The van der Waals surface area contributed by atoms with Gasteiger partial charge in [0.25, 0.3) is 5.91 Å². The SMILES string of the molecule is O=C(NC1CCCC1C(=O)O)c1ccc2c(c1)CNCCO2. The summed E-state index contributed by atoms with van der Waals surface area (Å²) >= 11 is 0. The summed E-state index contributed by atoms with van der Waals surface area (Å²) in [5.41, 5.74) is 1.49. The third-order valence-corrected chi connectivity index (χ3v) is 4.32. The topological polar surface area (TPSA) is 87.7 Å². The molecule has 1 aromatic carbocycles. The van der Waals surface area contributed by atoms with Gasteiger partial charge >= 0.3 is 5.97 Å². The molecule has 118 valence electrons. The molecule has 1 aliphatic carbocycles. The Bertz CT molecular complexity index is 588. The summed E-state index contributed by atoms with van der Waals surface area (Å²) in [7, 11) is 0. The van der Waals surface area contributed by atoms with E-state index in [9.17, 15) is 14.7 Å². The number of rotatable bonds is 3. The monoisotopic (exact) mass is 304 g/mol. The van der Waals surface area contributed by atoms with Crippen molar-refractivity contribution < 1.29 is 19.4 Å². The quantitative estimate of drug-likeness (QED) is 0.780. The minimum Gasteiger partial charge on any atom is -0.492 e. The fourth-order valence-electron chi connectivity index (χ4n) is 3.14. The van der Waals surface area contributed by atoms with E-state index < -0.39 is 11.9 Å². The van der Waals surface area contributed by atoms with Gasteiger partial charge in [-0.05, 0) is 31.0 Å². The molecule has 1 aliphatic heterocycles. The number of hydrogen-bond donors (Lipinski definition) is 3. The molecule has 2 atom stereocenters. The molecule has 0 saturated heterocycles. The zero-order valence-electron chi connectivity index (χ0n) is 12.3. The molecule has 0 aromatic heterocycles. The van der Waals surface area contributed by atoms with Crippen molar-refractivity contribution in [1.82, 2.24) is 10.6 Å². The molecule has 6 heteroatoms. The van der Waals surface area contributed by atoms with E-state index in [1.807, 2.05) is 6.07 Å². The van der Waals surface area contributed by atoms with E-state index in [0.29, 0.717) is 25.1 Å². The smallest absolute Gasteiger partial charge is 0.308 e. The lowest BCUT2D eigenvalue weighted by Crippen LogP contribution is -2.40. The number of nitrogens with one attached hydrogen (secondary N) is 2. The van der Waals surface area contributed by atoms with Crippen LogP contribution in [0.3, 0.4) is 0 Å². The van der Waals surface area contributed by atoms with Gasteiger partial charge in [0.15, 0.2) is 0 Å². The highest BCUT2D eigenvalue weighted by Crippen LogP contribution is 2.27. The van der Waals surface area contributed by atoms with Crippen LogP contribution in [0.15, 0.2) is 18.2 Å². The van der Waals surface area contributed by atoms with Crippen molar-refractivity contribution in [2.24, 2.45) is 5.92 Å². The molecule has 3 N–H and O–H groups in total. The number of amides is 1. The van der Waals surface area contributed by atoms with Crippen molar-refractivity contribution in [2.75, 3.05) is 13.2 Å². The fraction of sp³-hybridized carbons (Fsp3) is 0.500. The Morgan fingerprint density at radius 1 is 1.32 bits per heavy atom. The van der Waals surface area contributed by atoms with E-state index in [2.05, 4.69) is 10.6 Å². The van der Waals surface area contributed by atoms with E-state index in [4.69, 9.17) is 4.74 Å². The summed E-state index contributed by atoms with van der Waals surface area (Å²) in [6, 6.07) is 5.07. The van der Waals surface area contributed by atoms with Crippen LogP contribution in [-0.2, 0) is 11.3 Å². The second kappa shape index (κ2) is 6.36. The van der Waals surface area contributed by atoms with Gasteiger partial charge in [-0.15, -0.1) is 0 Å². The molecule has 1 aromatic rings. The lowest BCUT2D eigenvalue weighted by Gasteiger charge is -2.18. The Hall–Kier alpha value is -2.08. The van der Waals surface area contributed by atoms with E-state index in [1.165, 1.54) is 0 Å². The summed E-state index contributed by atoms with van der Waals surface area (Å²) in [6.07, 6.45) is 2.18. The molecule has 1 amide bonds.